The Morgan fingerprint density at radius 3 is 1.83 bits per heavy atom. The third-order valence-corrected chi connectivity index (χ3v) is 6.99. The molecule has 0 saturated carbocycles. The molecule has 214 valence electrons. The van der Waals surface area contributed by atoms with Crippen molar-refractivity contribution in [3.05, 3.63) is 0 Å². The van der Waals surface area contributed by atoms with Gasteiger partial charge in [-0.2, -0.15) is 0 Å². The zero-order valence-electron chi connectivity index (χ0n) is 24.1. The minimum Gasteiger partial charge on any atom is -0.481 e. The van der Waals surface area contributed by atoms with Crippen LogP contribution in [0.25, 0.3) is 0 Å². The van der Waals surface area contributed by atoms with Crippen LogP contribution in [0.4, 0.5) is 0 Å². The van der Waals surface area contributed by atoms with Gasteiger partial charge < -0.3 is 25.3 Å². The highest BCUT2D eigenvalue weighted by atomic mass is 16.4. The number of carbonyl (C=O) groups is 2. The number of unbranched alkanes of at least 4 members (excludes halogenated alkanes) is 6. The fourth-order valence-electron chi connectivity index (χ4n) is 4.48. The average molecular weight is 514 g/mol. The Morgan fingerprint density at radius 2 is 1.25 bits per heavy atom. The molecule has 0 rings (SSSR count). The number of amides is 1. The predicted molar refractivity (Wildman–Crippen MR) is 150 cm³/mol. The van der Waals surface area contributed by atoms with Gasteiger partial charge in [0.2, 0.25) is 5.91 Å². The van der Waals surface area contributed by atoms with E-state index in [-0.39, 0.29) is 18.2 Å². The SMILES string of the molecule is CCCCCCCC(O)C(C)CC(=O)NCCCN(CCCN(CCCC)CCCC)CCC(=O)O. The number of carboxylic acid groups (broad SMARTS) is 1. The van der Waals surface area contributed by atoms with Crippen LogP contribution in [0.3, 0.4) is 0 Å². The van der Waals surface area contributed by atoms with Crippen molar-refractivity contribution in [3.63, 3.8) is 0 Å². The van der Waals surface area contributed by atoms with Crippen LogP contribution >= 0.6 is 0 Å². The lowest BCUT2D eigenvalue weighted by Crippen LogP contribution is -2.35. The minimum atomic E-state index is -0.765. The Hall–Kier alpha value is -1.18. The van der Waals surface area contributed by atoms with E-state index in [1.165, 1.54) is 44.9 Å². The molecule has 2 unspecified atom stereocenters. The van der Waals surface area contributed by atoms with Gasteiger partial charge in [0.05, 0.1) is 12.5 Å². The Morgan fingerprint density at radius 1 is 0.722 bits per heavy atom. The van der Waals surface area contributed by atoms with Gasteiger partial charge in [-0.25, -0.2) is 0 Å². The second-order valence-corrected chi connectivity index (χ2v) is 10.5. The Labute approximate surface area is 222 Å². The summed E-state index contributed by atoms with van der Waals surface area (Å²) in [7, 11) is 0. The minimum absolute atomic E-state index is 0.00731. The third-order valence-electron chi connectivity index (χ3n) is 6.99. The number of hydrogen-bond acceptors (Lipinski definition) is 5. The number of carboxylic acids is 1. The quantitative estimate of drug-likeness (QED) is 0.136. The lowest BCUT2D eigenvalue weighted by molar-refractivity contribution is -0.137. The summed E-state index contributed by atoms with van der Waals surface area (Å²) < 4.78 is 0. The molecule has 1 amide bonds. The number of nitrogens with zero attached hydrogens (tertiary/aromatic N) is 2. The second-order valence-electron chi connectivity index (χ2n) is 10.5. The molecule has 7 nitrogen and oxygen atoms in total. The molecule has 2 atom stereocenters. The van der Waals surface area contributed by atoms with Gasteiger partial charge in [0.15, 0.2) is 0 Å². The van der Waals surface area contributed by atoms with Crippen LogP contribution in [0.15, 0.2) is 0 Å². The van der Waals surface area contributed by atoms with E-state index < -0.39 is 12.1 Å². The van der Waals surface area contributed by atoms with Crippen molar-refractivity contribution >= 4 is 11.9 Å². The van der Waals surface area contributed by atoms with Gasteiger partial charge in [-0.1, -0.05) is 72.6 Å². The molecular formula is C29H59N3O4. The number of aliphatic hydroxyl groups is 1. The Kier molecular flexibility index (Phi) is 23.4. The van der Waals surface area contributed by atoms with Crippen molar-refractivity contribution < 1.29 is 19.8 Å². The number of rotatable bonds is 26. The summed E-state index contributed by atoms with van der Waals surface area (Å²) in [4.78, 5) is 28.2. The largest absolute Gasteiger partial charge is 0.481 e. The zero-order valence-corrected chi connectivity index (χ0v) is 24.1. The summed E-state index contributed by atoms with van der Waals surface area (Å²) >= 11 is 0. The summed E-state index contributed by atoms with van der Waals surface area (Å²) in [6.07, 6.45) is 13.4. The van der Waals surface area contributed by atoms with E-state index >= 15 is 0 Å². The van der Waals surface area contributed by atoms with Gasteiger partial charge in [-0.15, -0.1) is 0 Å². The normalized spacial score (nSPS) is 13.3. The van der Waals surface area contributed by atoms with Crippen LogP contribution in [-0.2, 0) is 9.59 Å². The molecule has 0 bridgehead atoms. The Bertz CT molecular complexity index is 525. The van der Waals surface area contributed by atoms with E-state index in [9.17, 15) is 14.7 Å². The lowest BCUT2D eigenvalue weighted by atomic mass is 9.95. The fraction of sp³-hybridized carbons (Fsp3) is 0.931. The van der Waals surface area contributed by atoms with Crippen LogP contribution in [0, 0.1) is 5.92 Å². The topological polar surface area (TPSA) is 93.1 Å². The zero-order chi connectivity index (χ0) is 27.0. The lowest BCUT2D eigenvalue weighted by Gasteiger charge is -2.25. The van der Waals surface area contributed by atoms with Crippen LogP contribution in [0.2, 0.25) is 0 Å². The molecule has 0 radical (unpaired) electrons. The second kappa shape index (κ2) is 24.2. The van der Waals surface area contributed by atoms with E-state index in [0.29, 0.717) is 19.5 Å². The molecule has 0 aromatic rings. The molecule has 0 aromatic heterocycles. The highest BCUT2D eigenvalue weighted by Crippen LogP contribution is 2.15. The van der Waals surface area contributed by atoms with Crippen molar-refractivity contribution in [3.8, 4) is 0 Å². The van der Waals surface area contributed by atoms with E-state index in [1.54, 1.807) is 0 Å². The van der Waals surface area contributed by atoms with Gasteiger partial charge in [-0.3, -0.25) is 9.59 Å². The van der Waals surface area contributed by atoms with Crippen LogP contribution < -0.4 is 5.32 Å². The van der Waals surface area contributed by atoms with E-state index in [2.05, 4.69) is 35.9 Å². The summed E-state index contributed by atoms with van der Waals surface area (Å²) in [5, 5.41) is 22.5. The number of nitrogens with one attached hydrogen (secondary N) is 1. The number of hydrogen-bond donors (Lipinski definition) is 3. The van der Waals surface area contributed by atoms with E-state index in [0.717, 1.165) is 64.8 Å². The maximum atomic E-state index is 12.3. The maximum Gasteiger partial charge on any atom is 0.304 e. The van der Waals surface area contributed by atoms with Gasteiger partial charge >= 0.3 is 5.97 Å². The fourth-order valence-corrected chi connectivity index (χ4v) is 4.48. The van der Waals surface area contributed by atoms with Crippen molar-refractivity contribution in [1.29, 1.82) is 0 Å². The molecule has 0 aromatic carbocycles. The van der Waals surface area contributed by atoms with Gasteiger partial charge in [0.25, 0.3) is 0 Å². The van der Waals surface area contributed by atoms with Crippen molar-refractivity contribution in [2.24, 2.45) is 5.92 Å². The molecule has 0 saturated heterocycles. The number of carbonyl (C=O) groups excluding carboxylic acids is 1. The smallest absolute Gasteiger partial charge is 0.304 e. The number of aliphatic carboxylic acids is 1. The summed E-state index contributed by atoms with van der Waals surface area (Å²) in [6, 6.07) is 0. The summed E-state index contributed by atoms with van der Waals surface area (Å²) in [5.74, 6) is -0.808. The average Bonchev–Trinajstić information content (AvgIpc) is 2.85. The van der Waals surface area contributed by atoms with Crippen molar-refractivity contribution in [1.82, 2.24) is 15.1 Å². The third kappa shape index (κ3) is 21.0. The first kappa shape index (κ1) is 34.8. The van der Waals surface area contributed by atoms with Crippen molar-refractivity contribution in [2.45, 2.75) is 124 Å². The molecule has 0 aliphatic rings. The van der Waals surface area contributed by atoms with E-state index in [4.69, 9.17) is 5.11 Å². The molecule has 0 heterocycles. The molecule has 7 heteroatoms. The first-order valence-corrected chi connectivity index (χ1v) is 14.9. The van der Waals surface area contributed by atoms with Gasteiger partial charge in [-0.05, 0) is 70.7 Å². The molecular weight excluding hydrogens is 454 g/mol. The van der Waals surface area contributed by atoms with Gasteiger partial charge in [0, 0.05) is 19.5 Å². The summed E-state index contributed by atoms with van der Waals surface area (Å²) in [6.45, 7) is 14.7. The first-order chi connectivity index (χ1) is 17.3. The van der Waals surface area contributed by atoms with Crippen LogP contribution in [0.5, 0.6) is 0 Å². The molecule has 0 aliphatic carbocycles. The van der Waals surface area contributed by atoms with Gasteiger partial charge in [0.1, 0.15) is 0 Å². The number of aliphatic hydroxyl groups excluding tert-OH is 1. The standard InChI is InChI=1S/C29H59N3O4/c1-5-8-11-12-13-16-27(33)26(4)25-28(34)30-18-14-21-32(24-17-29(35)36)23-15-22-31(19-9-6-2)20-10-7-3/h26-27,33H,5-25H2,1-4H3,(H,30,34)(H,35,36). The monoisotopic (exact) mass is 513 g/mol. The highest BCUT2D eigenvalue weighted by molar-refractivity contribution is 5.76. The molecule has 36 heavy (non-hydrogen) atoms. The summed E-state index contributed by atoms with van der Waals surface area (Å²) in [5.41, 5.74) is 0. The predicted octanol–water partition coefficient (Wildman–Crippen LogP) is 5.31. The maximum absolute atomic E-state index is 12.3. The molecule has 0 fully saturated rings. The first-order valence-electron chi connectivity index (χ1n) is 14.9. The molecule has 0 spiro atoms. The molecule has 3 N–H and O–H groups in total. The highest BCUT2D eigenvalue weighted by Gasteiger charge is 2.17. The van der Waals surface area contributed by atoms with E-state index in [1.807, 2.05) is 6.92 Å². The van der Waals surface area contributed by atoms with Crippen molar-refractivity contribution in [2.75, 3.05) is 45.8 Å². The Balaban J connectivity index is 4.29. The molecule has 0 aliphatic heterocycles. The van der Waals surface area contributed by atoms with Crippen LogP contribution in [0.1, 0.15) is 118 Å². The van der Waals surface area contributed by atoms with Crippen LogP contribution in [-0.4, -0.2) is 83.8 Å².